The van der Waals surface area contributed by atoms with E-state index in [0.29, 0.717) is 23.0 Å². The van der Waals surface area contributed by atoms with Crippen LogP contribution in [-0.2, 0) is 0 Å². The number of carbonyl (C=O) groups is 1. The third-order valence-corrected chi connectivity index (χ3v) is 3.01. The summed E-state index contributed by atoms with van der Waals surface area (Å²) in [5.41, 5.74) is 1.45. The van der Waals surface area contributed by atoms with Crippen LogP contribution in [-0.4, -0.2) is 6.29 Å². The number of hydrogen-bond donors (Lipinski definition) is 0. The van der Waals surface area contributed by atoms with E-state index in [2.05, 4.69) is 0 Å². The summed E-state index contributed by atoms with van der Waals surface area (Å²) in [7, 11) is 0. The third kappa shape index (κ3) is 2.27. The van der Waals surface area contributed by atoms with Gasteiger partial charge in [0.05, 0.1) is 5.02 Å². The van der Waals surface area contributed by atoms with Gasteiger partial charge in [0.1, 0.15) is 11.6 Å². The first-order chi connectivity index (χ1) is 8.52. The maximum absolute atomic E-state index is 13.7. The minimum absolute atomic E-state index is 0.240. The van der Waals surface area contributed by atoms with Gasteiger partial charge in [-0.2, -0.15) is 0 Å². The molecule has 2 aromatic rings. The molecule has 0 amide bonds. The van der Waals surface area contributed by atoms with Gasteiger partial charge >= 0.3 is 0 Å². The van der Waals surface area contributed by atoms with Crippen LogP contribution >= 0.6 is 11.6 Å². The van der Waals surface area contributed by atoms with Gasteiger partial charge in [-0.15, -0.1) is 0 Å². The standard InChI is InChI=1S/C14H9ClF2O/c1-8-4-11(14(17)6-13(8)16)9-2-3-10(7-18)12(15)5-9/h2-7H,1H3. The lowest BCUT2D eigenvalue weighted by atomic mass is 10.0. The molecule has 18 heavy (non-hydrogen) atoms. The van der Waals surface area contributed by atoms with Crippen molar-refractivity contribution in [3.63, 3.8) is 0 Å². The molecule has 0 heterocycles. The molecule has 0 aliphatic carbocycles. The molecule has 0 fully saturated rings. The molecule has 4 heteroatoms. The fourth-order valence-electron chi connectivity index (χ4n) is 1.67. The Balaban J connectivity index is 2.58. The molecule has 92 valence electrons. The Morgan fingerprint density at radius 2 is 1.83 bits per heavy atom. The largest absolute Gasteiger partial charge is 0.298 e. The normalized spacial score (nSPS) is 10.4. The molecule has 0 aliphatic rings. The van der Waals surface area contributed by atoms with E-state index in [1.807, 2.05) is 0 Å². The predicted octanol–water partition coefficient (Wildman–Crippen LogP) is 4.41. The Labute approximate surface area is 108 Å². The van der Waals surface area contributed by atoms with Crippen molar-refractivity contribution in [2.75, 3.05) is 0 Å². The summed E-state index contributed by atoms with van der Waals surface area (Å²) in [6.07, 6.45) is 0.623. The van der Waals surface area contributed by atoms with Crippen LogP contribution in [0.15, 0.2) is 30.3 Å². The van der Waals surface area contributed by atoms with Gasteiger partial charge in [0, 0.05) is 17.2 Å². The first-order valence-electron chi connectivity index (χ1n) is 5.23. The summed E-state index contributed by atoms with van der Waals surface area (Å²) in [6, 6.07) is 6.82. The molecule has 2 rings (SSSR count). The zero-order valence-corrected chi connectivity index (χ0v) is 10.3. The molecule has 0 spiro atoms. The summed E-state index contributed by atoms with van der Waals surface area (Å²) in [5.74, 6) is -1.25. The van der Waals surface area contributed by atoms with Gasteiger partial charge in [0.25, 0.3) is 0 Å². The fraction of sp³-hybridized carbons (Fsp3) is 0.0714. The maximum Gasteiger partial charge on any atom is 0.151 e. The van der Waals surface area contributed by atoms with Crippen LogP contribution in [0.1, 0.15) is 15.9 Å². The number of halogens is 3. The van der Waals surface area contributed by atoms with E-state index in [-0.39, 0.29) is 10.6 Å². The van der Waals surface area contributed by atoms with Crippen LogP contribution in [0.5, 0.6) is 0 Å². The van der Waals surface area contributed by atoms with Crippen molar-refractivity contribution >= 4 is 17.9 Å². The fourth-order valence-corrected chi connectivity index (χ4v) is 1.89. The molecule has 0 atom stereocenters. The zero-order chi connectivity index (χ0) is 13.3. The molecular weight excluding hydrogens is 258 g/mol. The molecule has 0 N–H and O–H groups in total. The van der Waals surface area contributed by atoms with Crippen molar-refractivity contribution in [2.24, 2.45) is 0 Å². The van der Waals surface area contributed by atoms with Crippen molar-refractivity contribution in [1.82, 2.24) is 0 Å². The lowest BCUT2D eigenvalue weighted by Gasteiger charge is -2.07. The lowest BCUT2D eigenvalue weighted by Crippen LogP contribution is -1.91. The van der Waals surface area contributed by atoms with Crippen LogP contribution in [0.2, 0.25) is 5.02 Å². The van der Waals surface area contributed by atoms with E-state index < -0.39 is 11.6 Å². The summed E-state index contributed by atoms with van der Waals surface area (Å²) in [4.78, 5) is 10.6. The highest BCUT2D eigenvalue weighted by Gasteiger charge is 2.10. The van der Waals surface area contributed by atoms with Gasteiger partial charge in [0.15, 0.2) is 6.29 Å². The molecule has 0 saturated heterocycles. The Bertz CT molecular complexity index is 623. The van der Waals surface area contributed by atoms with E-state index in [4.69, 9.17) is 11.6 Å². The average Bonchev–Trinajstić information content (AvgIpc) is 2.33. The molecule has 0 bridgehead atoms. The molecule has 1 nitrogen and oxygen atoms in total. The summed E-state index contributed by atoms with van der Waals surface area (Å²) >= 11 is 5.88. The minimum atomic E-state index is -0.659. The highest BCUT2D eigenvalue weighted by molar-refractivity contribution is 6.33. The van der Waals surface area contributed by atoms with Crippen LogP contribution in [0.3, 0.4) is 0 Å². The number of rotatable bonds is 2. The number of hydrogen-bond acceptors (Lipinski definition) is 1. The molecule has 0 aromatic heterocycles. The molecular formula is C14H9ClF2O. The van der Waals surface area contributed by atoms with E-state index in [1.54, 1.807) is 13.0 Å². The van der Waals surface area contributed by atoms with Gasteiger partial charge in [-0.05, 0) is 36.2 Å². The third-order valence-electron chi connectivity index (χ3n) is 2.69. The second kappa shape index (κ2) is 4.86. The molecule has 0 radical (unpaired) electrons. The molecule has 0 aliphatic heterocycles. The van der Waals surface area contributed by atoms with Gasteiger partial charge in [-0.3, -0.25) is 4.79 Å². The summed E-state index contributed by atoms with van der Waals surface area (Å²) in [6.45, 7) is 1.56. The smallest absolute Gasteiger partial charge is 0.151 e. The van der Waals surface area contributed by atoms with Crippen LogP contribution in [0, 0.1) is 18.6 Å². The van der Waals surface area contributed by atoms with Crippen LogP contribution in [0.4, 0.5) is 8.78 Å². The van der Waals surface area contributed by atoms with Crippen molar-refractivity contribution < 1.29 is 13.6 Å². The van der Waals surface area contributed by atoms with Crippen molar-refractivity contribution in [3.8, 4) is 11.1 Å². The van der Waals surface area contributed by atoms with Crippen molar-refractivity contribution in [3.05, 3.63) is 58.1 Å². The number of aryl methyl sites for hydroxylation is 1. The Morgan fingerprint density at radius 3 is 2.44 bits per heavy atom. The zero-order valence-electron chi connectivity index (χ0n) is 9.51. The first-order valence-corrected chi connectivity index (χ1v) is 5.61. The van der Waals surface area contributed by atoms with E-state index in [0.717, 1.165) is 6.07 Å². The van der Waals surface area contributed by atoms with E-state index in [9.17, 15) is 13.6 Å². The number of aldehydes is 1. The monoisotopic (exact) mass is 266 g/mol. The Hall–Kier alpha value is -1.74. The average molecular weight is 267 g/mol. The molecule has 0 saturated carbocycles. The highest BCUT2D eigenvalue weighted by atomic mass is 35.5. The van der Waals surface area contributed by atoms with E-state index >= 15 is 0 Å². The number of benzene rings is 2. The van der Waals surface area contributed by atoms with Crippen LogP contribution in [0.25, 0.3) is 11.1 Å². The Morgan fingerprint density at radius 1 is 1.11 bits per heavy atom. The van der Waals surface area contributed by atoms with Crippen LogP contribution < -0.4 is 0 Å². The highest BCUT2D eigenvalue weighted by Crippen LogP contribution is 2.28. The summed E-state index contributed by atoms with van der Waals surface area (Å²) < 4.78 is 26.8. The van der Waals surface area contributed by atoms with Crippen molar-refractivity contribution in [1.29, 1.82) is 0 Å². The second-order valence-corrected chi connectivity index (χ2v) is 4.34. The minimum Gasteiger partial charge on any atom is -0.298 e. The summed E-state index contributed by atoms with van der Waals surface area (Å²) in [5, 5.41) is 0.240. The quantitative estimate of drug-likeness (QED) is 0.736. The Kier molecular flexibility index (Phi) is 3.43. The van der Waals surface area contributed by atoms with Gasteiger partial charge in [-0.1, -0.05) is 17.7 Å². The SMILES string of the molecule is Cc1cc(-c2ccc(C=O)c(Cl)c2)c(F)cc1F. The predicted molar refractivity (Wildman–Crippen MR) is 66.9 cm³/mol. The lowest BCUT2D eigenvalue weighted by molar-refractivity contribution is 0.112. The second-order valence-electron chi connectivity index (χ2n) is 3.94. The molecule has 0 unspecified atom stereocenters. The topological polar surface area (TPSA) is 17.1 Å². The van der Waals surface area contributed by atoms with E-state index in [1.165, 1.54) is 18.2 Å². The maximum atomic E-state index is 13.7. The molecule has 2 aromatic carbocycles. The number of carbonyl (C=O) groups excluding carboxylic acids is 1. The first kappa shape index (κ1) is 12.7. The van der Waals surface area contributed by atoms with Gasteiger partial charge in [0.2, 0.25) is 0 Å². The van der Waals surface area contributed by atoms with Gasteiger partial charge in [-0.25, -0.2) is 8.78 Å². The van der Waals surface area contributed by atoms with Crippen molar-refractivity contribution in [2.45, 2.75) is 6.92 Å². The van der Waals surface area contributed by atoms with Gasteiger partial charge < -0.3 is 0 Å².